The Kier molecular flexibility index (Phi) is 11.1. The third-order valence-electron chi connectivity index (χ3n) is 6.77. The summed E-state index contributed by atoms with van der Waals surface area (Å²) in [5, 5.41) is -0.565. The van der Waals surface area contributed by atoms with E-state index in [-0.39, 0.29) is 44.9 Å². The molecule has 1 saturated carbocycles. The number of benzene rings is 2. The number of nitrogens with one attached hydrogen (secondary N) is 1. The van der Waals surface area contributed by atoms with Gasteiger partial charge < -0.3 is 19.7 Å². The molecule has 2 heterocycles. The summed E-state index contributed by atoms with van der Waals surface area (Å²) < 4.78 is 70.5. The van der Waals surface area contributed by atoms with Crippen LogP contribution in [0.3, 0.4) is 0 Å². The van der Waals surface area contributed by atoms with Crippen molar-refractivity contribution in [2.75, 3.05) is 18.9 Å². The van der Waals surface area contributed by atoms with Gasteiger partial charge in [0, 0.05) is 24.3 Å². The average molecular weight is 678 g/mol. The molecule has 2 fully saturated rings. The van der Waals surface area contributed by atoms with Crippen LogP contribution in [0.25, 0.3) is 0 Å². The van der Waals surface area contributed by atoms with Crippen molar-refractivity contribution in [1.29, 1.82) is 0 Å². The van der Waals surface area contributed by atoms with Gasteiger partial charge in [0.25, 0.3) is 0 Å². The SMILES string of the molecule is O=C(O[C@@H](Cc1c(Cl)c[nH+]cc1Cl)c1ccc(OC(F)F)c(OCC2CC2)c1)[C@@H]1SCCN1S(=O)(=O)c1ccccc1.[OH-]. The molecule has 15 heteroatoms. The molecular weight excluding hydrogens is 649 g/mol. The van der Waals surface area contributed by atoms with Gasteiger partial charge >= 0.3 is 12.6 Å². The highest BCUT2D eigenvalue weighted by Gasteiger charge is 2.42. The molecule has 1 aliphatic carbocycles. The maximum atomic E-state index is 13.6. The standard InChI is InChI=1S/C28H26Cl2F2N2O6S2.H2O/c29-21-14-33-15-22(30)20(21)13-24(18-8-9-23(40-28(31)32)25(12-18)38-16-17-6-7-17)39-27(35)26-34(10-11-41-26)42(36,37)19-4-2-1-3-5-19;/h1-5,8-9,12,14-15,17,24,26,28H,6-7,10-11,13,16H2;1H2/t24-,26-;/m0./s1. The van der Waals surface area contributed by atoms with Crippen molar-refractivity contribution >= 4 is 51.0 Å². The molecule has 1 aliphatic heterocycles. The van der Waals surface area contributed by atoms with Crippen LogP contribution >= 0.6 is 35.0 Å². The molecule has 0 amide bonds. The van der Waals surface area contributed by atoms with Crippen LogP contribution in [0.1, 0.15) is 30.1 Å². The number of hydrogen-bond donors (Lipinski definition) is 0. The largest absolute Gasteiger partial charge is 0.870 e. The zero-order valence-corrected chi connectivity index (χ0v) is 25.6. The summed E-state index contributed by atoms with van der Waals surface area (Å²) in [5.41, 5.74) is 0.868. The molecule has 0 unspecified atom stereocenters. The van der Waals surface area contributed by atoms with E-state index in [0.717, 1.165) is 28.9 Å². The van der Waals surface area contributed by atoms with E-state index in [1.54, 1.807) is 18.2 Å². The van der Waals surface area contributed by atoms with Crippen molar-refractivity contribution in [3.63, 3.8) is 0 Å². The number of ether oxygens (including phenoxy) is 3. The summed E-state index contributed by atoms with van der Waals surface area (Å²) in [4.78, 5) is 16.5. The maximum Gasteiger partial charge on any atom is 0.387 e. The van der Waals surface area contributed by atoms with Gasteiger partial charge in [0.2, 0.25) is 10.0 Å². The van der Waals surface area contributed by atoms with Gasteiger partial charge in [-0.05, 0) is 48.6 Å². The van der Waals surface area contributed by atoms with Crippen molar-refractivity contribution in [2.24, 2.45) is 5.92 Å². The minimum absolute atomic E-state index is 0. The topological polar surface area (TPSA) is 126 Å². The number of alkyl halides is 2. The second-order valence-electron chi connectivity index (χ2n) is 9.75. The number of H-pyrrole nitrogens is 1. The molecule has 232 valence electrons. The zero-order valence-electron chi connectivity index (χ0n) is 22.5. The molecule has 2 aliphatic rings. The summed E-state index contributed by atoms with van der Waals surface area (Å²) in [5.74, 6) is -0.150. The third-order valence-corrected chi connectivity index (χ3v) is 10.6. The number of esters is 1. The monoisotopic (exact) mass is 676 g/mol. The van der Waals surface area contributed by atoms with E-state index < -0.39 is 34.1 Å². The first kappa shape index (κ1) is 33.2. The molecule has 0 bridgehead atoms. The average Bonchev–Trinajstić information content (AvgIpc) is 3.65. The number of thioether (sulfide) groups is 1. The van der Waals surface area contributed by atoms with Crippen LogP contribution in [0.15, 0.2) is 65.8 Å². The Morgan fingerprint density at radius 2 is 1.77 bits per heavy atom. The first-order chi connectivity index (χ1) is 20.1. The Morgan fingerprint density at radius 3 is 2.42 bits per heavy atom. The first-order valence-corrected chi connectivity index (χ1v) is 16.3. The first-order valence-electron chi connectivity index (χ1n) is 13.1. The molecule has 2 N–H and O–H groups in total. The summed E-state index contributed by atoms with van der Waals surface area (Å²) in [6.07, 6.45) is 3.99. The quantitative estimate of drug-likeness (QED) is 0.227. The van der Waals surface area contributed by atoms with E-state index in [4.69, 9.17) is 32.7 Å². The number of hydrogen-bond acceptors (Lipinski definition) is 8. The molecular formula is C28H28Cl2F2N2O7S2. The van der Waals surface area contributed by atoms with Crippen LogP contribution in [-0.2, 0) is 26.0 Å². The molecule has 9 nitrogen and oxygen atoms in total. The van der Waals surface area contributed by atoms with Crippen LogP contribution in [0.5, 0.6) is 11.5 Å². The predicted octanol–water partition coefficient (Wildman–Crippen LogP) is 5.61. The highest BCUT2D eigenvalue weighted by molar-refractivity contribution is 8.02. The molecule has 1 saturated heterocycles. The summed E-state index contributed by atoms with van der Waals surface area (Å²) >= 11 is 14.0. The summed E-state index contributed by atoms with van der Waals surface area (Å²) in [7, 11) is -3.98. The number of rotatable bonds is 12. The minimum Gasteiger partial charge on any atom is -0.870 e. The third kappa shape index (κ3) is 8.08. The van der Waals surface area contributed by atoms with Crippen molar-refractivity contribution in [3.05, 3.63) is 82.1 Å². The van der Waals surface area contributed by atoms with E-state index in [0.29, 0.717) is 29.4 Å². The van der Waals surface area contributed by atoms with Crippen molar-refractivity contribution in [2.45, 2.75) is 42.2 Å². The zero-order chi connectivity index (χ0) is 29.9. The van der Waals surface area contributed by atoms with E-state index in [9.17, 15) is 22.0 Å². The maximum absolute atomic E-state index is 13.6. The number of sulfonamides is 1. The van der Waals surface area contributed by atoms with Crippen molar-refractivity contribution in [1.82, 2.24) is 4.31 Å². The molecule has 0 spiro atoms. The van der Waals surface area contributed by atoms with E-state index in [2.05, 4.69) is 9.72 Å². The van der Waals surface area contributed by atoms with Crippen LogP contribution in [0.2, 0.25) is 10.0 Å². The fourth-order valence-electron chi connectivity index (χ4n) is 4.42. The number of aromatic amines is 1. The summed E-state index contributed by atoms with van der Waals surface area (Å²) in [6, 6.07) is 12.1. The van der Waals surface area contributed by atoms with Crippen LogP contribution in [0, 0.1) is 5.92 Å². The van der Waals surface area contributed by atoms with Crippen LogP contribution < -0.4 is 14.5 Å². The van der Waals surface area contributed by atoms with E-state index in [1.807, 2.05) is 0 Å². The Balaban J connectivity index is 0.00000423. The molecule has 2 atom stereocenters. The molecule has 43 heavy (non-hydrogen) atoms. The highest BCUT2D eigenvalue weighted by atomic mass is 35.5. The number of carbonyl (C=O) groups excluding carboxylic acids is 1. The Morgan fingerprint density at radius 1 is 1.07 bits per heavy atom. The number of carbonyl (C=O) groups is 1. The highest BCUT2D eigenvalue weighted by Crippen LogP contribution is 2.39. The van der Waals surface area contributed by atoms with Crippen molar-refractivity contribution < 1.29 is 46.7 Å². The Labute approximate surface area is 261 Å². The van der Waals surface area contributed by atoms with E-state index >= 15 is 0 Å². The van der Waals surface area contributed by atoms with Gasteiger partial charge in [-0.15, -0.1) is 11.8 Å². The van der Waals surface area contributed by atoms with Crippen LogP contribution in [0.4, 0.5) is 8.78 Å². The normalized spacial score (nSPS) is 17.7. The lowest BCUT2D eigenvalue weighted by Crippen LogP contribution is -2.40. The Bertz CT molecular complexity index is 1510. The van der Waals surface area contributed by atoms with Gasteiger partial charge in [0.05, 0.1) is 11.5 Å². The predicted molar refractivity (Wildman–Crippen MR) is 155 cm³/mol. The second-order valence-corrected chi connectivity index (χ2v) is 13.6. The van der Waals surface area contributed by atoms with Gasteiger partial charge in [-0.25, -0.2) is 18.2 Å². The smallest absolute Gasteiger partial charge is 0.387 e. The lowest BCUT2D eigenvalue weighted by Gasteiger charge is -2.26. The van der Waals surface area contributed by atoms with Crippen molar-refractivity contribution in [3.8, 4) is 11.5 Å². The van der Waals surface area contributed by atoms with Gasteiger partial charge in [-0.3, -0.25) is 0 Å². The van der Waals surface area contributed by atoms with Gasteiger partial charge in [-0.2, -0.15) is 13.1 Å². The van der Waals surface area contributed by atoms with Gasteiger partial charge in [0.1, 0.15) is 16.1 Å². The minimum atomic E-state index is -3.98. The summed E-state index contributed by atoms with van der Waals surface area (Å²) in [6.45, 7) is -2.62. The number of halogens is 4. The van der Waals surface area contributed by atoms with Crippen LogP contribution in [-0.4, -0.2) is 55.1 Å². The Hall–Kier alpha value is -2.68. The molecule has 2 aromatic carbocycles. The number of aromatic nitrogens is 1. The van der Waals surface area contributed by atoms with Gasteiger partial charge in [0.15, 0.2) is 29.3 Å². The fraction of sp³-hybridized carbons (Fsp3) is 0.357. The molecule has 5 rings (SSSR count). The molecule has 0 radical (unpaired) electrons. The second kappa shape index (κ2) is 14.4. The molecule has 1 aromatic heterocycles. The fourth-order valence-corrected chi connectivity index (χ4v) is 8.02. The lowest BCUT2D eigenvalue weighted by atomic mass is 10.0. The lowest BCUT2D eigenvalue weighted by molar-refractivity contribution is -0.377. The number of nitrogens with zero attached hydrogens (tertiary/aromatic N) is 1. The van der Waals surface area contributed by atoms with Gasteiger partial charge in [-0.1, -0.05) is 47.5 Å². The van der Waals surface area contributed by atoms with E-state index in [1.165, 1.54) is 42.7 Å². The molecule has 3 aromatic rings. The number of pyridine rings is 1.